The Labute approximate surface area is 151 Å². The Morgan fingerprint density at radius 3 is 2.31 bits per heavy atom. The van der Waals surface area contributed by atoms with Gasteiger partial charge in [0.15, 0.2) is 11.5 Å². The highest BCUT2D eigenvalue weighted by atomic mass is 19.1. The predicted molar refractivity (Wildman–Crippen MR) is 92.4 cm³/mol. The molecule has 0 spiro atoms. The number of likely N-dealkylation sites (tertiary alicyclic amines) is 1. The highest BCUT2D eigenvalue weighted by Gasteiger charge is 2.52. The summed E-state index contributed by atoms with van der Waals surface area (Å²) in [4.78, 5) is 25.9. The molecule has 1 atom stereocenters. The molecule has 1 N–H and O–H groups in total. The Kier molecular flexibility index (Phi) is 4.82. The number of carboxylic acid groups (broad SMARTS) is 1. The number of aliphatic carboxylic acids is 1. The maximum atomic E-state index is 14.4. The lowest BCUT2D eigenvalue weighted by molar-refractivity contribution is -0.150. The minimum absolute atomic E-state index is 0.122. The lowest BCUT2D eigenvalue weighted by atomic mass is 9.77. The first kappa shape index (κ1) is 18.5. The third-order valence-corrected chi connectivity index (χ3v) is 5.69. The SMILES string of the molecule is COc1ccc(C2(C(=O)N3CCC(F)(C(=O)O)C3)CCCC2)cc1OC. The number of carbonyl (C=O) groups excluding carboxylic acids is 1. The number of carbonyl (C=O) groups is 2. The normalized spacial score (nSPS) is 24.5. The summed E-state index contributed by atoms with van der Waals surface area (Å²) < 4.78 is 25.1. The molecule has 0 bridgehead atoms. The molecule has 3 rings (SSSR count). The van der Waals surface area contributed by atoms with Crippen molar-refractivity contribution >= 4 is 11.9 Å². The number of methoxy groups -OCH3 is 2. The maximum Gasteiger partial charge on any atom is 0.343 e. The first-order valence-electron chi connectivity index (χ1n) is 8.80. The van der Waals surface area contributed by atoms with Crippen LogP contribution in [0, 0.1) is 0 Å². The summed E-state index contributed by atoms with van der Waals surface area (Å²) in [5.41, 5.74) is -2.31. The highest BCUT2D eigenvalue weighted by Crippen LogP contribution is 2.46. The van der Waals surface area contributed by atoms with Crippen molar-refractivity contribution in [2.75, 3.05) is 27.3 Å². The summed E-state index contributed by atoms with van der Waals surface area (Å²) in [6.07, 6.45) is 2.94. The molecule has 1 aliphatic carbocycles. The summed E-state index contributed by atoms with van der Waals surface area (Å²) in [7, 11) is 3.08. The number of amides is 1. The molecule has 1 aliphatic heterocycles. The molecule has 1 saturated heterocycles. The van der Waals surface area contributed by atoms with Crippen molar-refractivity contribution in [3.8, 4) is 11.5 Å². The molecule has 0 aromatic heterocycles. The van der Waals surface area contributed by atoms with Crippen LogP contribution in [-0.2, 0) is 15.0 Å². The summed E-state index contributed by atoms with van der Waals surface area (Å²) >= 11 is 0. The predicted octanol–water partition coefficient (Wildman–Crippen LogP) is 2.54. The lowest BCUT2D eigenvalue weighted by Gasteiger charge is -2.33. The third-order valence-electron chi connectivity index (χ3n) is 5.69. The fourth-order valence-electron chi connectivity index (χ4n) is 4.16. The van der Waals surface area contributed by atoms with Crippen LogP contribution >= 0.6 is 0 Å². The summed E-state index contributed by atoms with van der Waals surface area (Å²) in [6, 6.07) is 5.42. The lowest BCUT2D eigenvalue weighted by Crippen LogP contribution is -2.46. The van der Waals surface area contributed by atoms with Gasteiger partial charge in [-0.1, -0.05) is 18.9 Å². The van der Waals surface area contributed by atoms with Crippen LogP contribution in [0.5, 0.6) is 11.5 Å². The number of carboxylic acids is 1. The standard InChI is InChI=1S/C19H24FNO5/c1-25-14-6-5-13(11-15(14)26-2)18(7-3-4-8-18)16(22)21-10-9-19(20,12-21)17(23)24/h5-6,11H,3-4,7-10,12H2,1-2H3,(H,23,24). The number of alkyl halides is 1. The van der Waals surface area contributed by atoms with Gasteiger partial charge in [0.05, 0.1) is 26.2 Å². The molecule has 1 saturated carbocycles. The van der Waals surface area contributed by atoms with E-state index in [1.165, 1.54) is 12.0 Å². The molecule has 1 aromatic rings. The Bertz CT molecular complexity index is 716. The van der Waals surface area contributed by atoms with Crippen molar-refractivity contribution in [3.63, 3.8) is 0 Å². The van der Waals surface area contributed by atoms with Crippen LogP contribution in [0.3, 0.4) is 0 Å². The number of hydrogen-bond donors (Lipinski definition) is 1. The first-order chi connectivity index (χ1) is 12.4. The minimum Gasteiger partial charge on any atom is -0.493 e. The van der Waals surface area contributed by atoms with E-state index in [-0.39, 0.29) is 18.9 Å². The van der Waals surface area contributed by atoms with Gasteiger partial charge in [-0.2, -0.15) is 0 Å². The van der Waals surface area contributed by atoms with Gasteiger partial charge in [-0.05, 0) is 30.5 Å². The smallest absolute Gasteiger partial charge is 0.343 e. The first-order valence-corrected chi connectivity index (χ1v) is 8.80. The summed E-state index contributed by atoms with van der Waals surface area (Å²) in [6.45, 7) is -0.271. The van der Waals surface area contributed by atoms with E-state index < -0.39 is 23.6 Å². The molecule has 6 nitrogen and oxygen atoms in total. The fourth-order valence-corrected chi connectivity index (χ4v) is 4.16. The van der Waals surface area contributed by atoms with E-state index in [9.17, 15) is 14.0 Å². The van der Waals surface area contributed by atoms with Crippen molar-refractivity contribution in [3.05, 3.63) is 23.8 Å². The van der Waals surface area contributed by atoms with E-state index in [1.54, 1.807) is 19.2 Å². The van der Waals surface area contributed by atoms with E-state index in [0.29, 0.717) is 24.3 Å². The van der Waals surface area contributed by atoms with Crippen LogP contribution in [0.15, 0.2) is 18.2 Å². The van der Waals surface area contributed by atoms with Crippen LogP contribution in [0.4, 0.5) is 4.39 Å². The topological polar surface area (TPSA) is 76.1 Å². The van der Waals surface area contributed by atoms with Gasteiger partial charge in [0.25, 0.3) is 0 Å². The quantitative estimate of drug-likeness (QED) is 0.868. The number of hydrogen-bond acceptors (Lipinski definition) is 4. The molecule has 0 radical (unpaired) electrons. The van der Waals surface area contributed by atoms with Crippen molar-refractivity contribution in [2.45, 2.75) is 43.2 Å². The molecular formula is C19H24FNO5. The molecule has 1 heterocycles. The largest absolute Gasteiger partial charge is 0.493 e. The van der Waals surface area contributed by atoms with Gasteiger partial charge >= 0.3 is 5.97 Å². The second-order valence-corrected chi connectivity index (χ2v) is 7.11. The van der Waals surface area contributed by atoms with Crippen LogP contribution < -0.4 is 9.47 Å². The Morgan fingerprint density at radius 1 is 1.12 bits per heavy atom. The molecule has 1 amide bonds. The Hall–Kier alpha value is -2.31. The van der Waals surface area contributed by atoms with Gasteiger partial charge in [0, 0.05) is 13.0 Å². The van der Waals surface area contributed by atoms with Gasteiger partial charge in [0.2, 0.25) is 11.6 Å². The Balaban J connectivity index is 1.94. The van der Waals surface area contributed by atoms with Crippen molar-refractivity contribution in [1.29, 1.82) is 0 Å². The zero-order valence-electron chi connectivity index (χ0n) is 15.1. The molecule has 1 aromatic carbocycles. The van der Waals surface area contributed by atoms with E-state index in [2.05, 4.69) is 0 Å². The average molecular weight is 365 g/mol. The second-order valence-electron chi connectivity index (χ2n) is 7.11. The van der Waals surface area contributed by atoms with Crippen molar-refractivity contribution in [2.24, 2.45) is 0 Å². The minimum atomic E-state index is -2.35. The summed E-state index contributed by atoms with van der Waals surface area (Å²) in [5.74, 6) is -0.579. The number of benzene rings is 1. The Morgan fingerprint density at radius 2 is 1.77 bits per heavy atom. The number of halogens is 1. The van der Waals surface area contributed by atoms with Gasteiger partial charge in [0.1, 0.15) is 0 Å². The molecule has 142 valence electrons. The number of ether oxygens (including phenoxy) is 2. The number of nitrogens with zero attached hydrogens (tertiary/aromatic N) is 1. The van der Waals surface area contributed by atoms with E-state index in [1.807, 2.05) is 6.07 Å². The van der Waals surface area contributed by atoms with Crippen LogP contribution in [0.2, 0.25) is 0 Å². The maximum absolute atomic E-state index is 14.4. The van der Waals surface area contributed by atoms with Gasteiger partial charge < -0.3 is 19.5 Å². The molecule has 26 heavy (non-hydrogen) atoms. The van der Waals surface area contributed by atoms with E-state index >= 15 is 0 Å². The zero-order valence-corrected chi connectivity index (χ0v) is 15.1. The third kappa shape index (κ3) is 2.89. The summed E-state index contributed by atoms with van der Waals surface area (Å²) in [5, 5.41) is 9.10. The van der Waals surface area contributed by atoms with Crippen LogP contribution in [0.25, 0.3) is 0 Å². The van der Waals surface area contributed by atoms with Gasteiger partial charge in [-0.25, -0.2) is 9.18 Å². The number of rotatable bonds is 5. The molecule has 7 heteroatoms. The van der Waals surface area contributed by atoms with Crippen LogP contribution in [-0.4, -0.2) is 54.9 Å². The molecule has 2 fully saturated rings. The monoisotopic (exact) mass is 365 g/mol. The van der Waals surface area contributed by atoms with Crippen molar-refractivity contribution < 1.29 is 28.6 Å². The fraction of sp³-hybridized carbons (Fsp3) is 0.579. The second kappa shape index (κ2) is 6.78. The van der Waals surface area contributed by atoms with Crippen LogP contribution in [0.1, 0.15) is 37.7 Å². The molecule has 1 unspecified atom stereocenters. The van der Waals surface area contributed by atoms with Gasteiger partial charge in [-0.15, -0.1) is 0 Å². The van der Waals surface area contributed by atoms with Gasteiger partial charge in [-0.3, -0.25) is 4.79 Å². The van der Waals surface area contributed by atoms with E-state index in [0.717, 1.165) is 18.4 Å². The molecular weight excluding hydrogens is 341 g/mol. The van der Waals surface area contributed by atoms with E-state index in [4.69, 9.17) is 14.6 Å². The average Bonchev–Trinajstić information content (AvgIpc) is 3.29. The highest BCUT2D eigenvalue weighted by molar-refractivity contribution is 5.90. The zero-order chi connectivity index (χ0) is 18.9. The molecule has 2 aliphatic rings. The van der Waals surface area contributed by atoms with Crippen molar-refractivity contribution in [1.82, 2.24) is 4.90 Å².